The number of ether oxygens (including phenoxy) is 1. The van der Waals surface area contributed by atoms with Crippen LogP contribution in [0.5, 0.6) is 5.75 Å². The molecule has 5 nitrogen and oxygen atoms in total. The lowest BCUT2D eigenvalue weighted by Gasteiger charge is -2.06. The summed E-state index contributed by atoms with van der Waals surface area (Å²) in [5.41, 5.74) is 0.300. The Hall–Kier alpha value is -2.30. The third-order valence-corrected chi connectivity index (χ3v) is 2.06. The Bertz CT molecular complexity index is 588. The number of pyridine rings is 1. The molecule has 0 aliphatic heterocycles. The van der Waals surface area contributed by atoms with Crippen molar-refractivity contribution in [3.05, 3.63) is 40.7 Å². The molecule has 1 heterocycles. The fraction of sp³-hybridized carbons (Fsp3) is 0.0909. The number of H-pyrrole nitrogens is 1. The van der Waals surface area contributed by atoms with Gasteiger partial charge in [-0.1, -0.05) is 12.1 Å². The van der Waals surface area contributed by atoms with Crippen molar-refractivity contribution in [3.8, 4) is 5.75 Å². The molecule has 0 saturated heterocycles. The van der Waals surface area contributed by atoms with Crippen LogP contribution in [-0.2, 0) is 4.79 Å². The first-order valence-corrected chi connectivity index (χ1v) is 4.63. The first-order valence-electron chi connectivity index (χ1n) is 4.63. The quantitative estimate of drug-likeness (QED) is 0.806. The summed E-state index contributed by atoms with van der Waals surface area (Å²) in [5, 5.41) is 9.19. The van der Waals surface area contributed by atoms with Crippen molar-refractivity contribution >= 4 is 16.9 Å². The van der Waals surface area contributed by atoms with E-state index in [0.29, 0.717) is 10.9 Å². The van der Waals surface area contributed by atoms with Gasteiger partial charge in [-0.25, -0.2) is 4.79 Å². The molecule has 5 heteroatoms. The van der Waals surface area contributed by atoms with Crippen molar-refractivity contribution in [2.45, 2.75) is 0 Å². The molecule has 2 N–H and O–H groups in total. The lowest BCUT2D eigenvalue weighted by Crippen LogP contribution is -2.12. The smallest absolute Gasteiger partial charge is 0.341 e. The van der Waals surface area contributed by atoms with Gasteiger partial charge >= 0.3 is 5.97 Å². The van der Waals surface area contributed by atoms with Crippen LogP contribution in [0, 0.1) is 0 Å². The molecular formula is C11H9NO4. The average Bonchev–Trinajstić information content (AvgIpc) is 2.25. The molecule has 0 saturated carbocycles. The zero-order valence-corrected chi connectivity index (χ0v) is 8.27. The summed E-state index contributed by atoms with van der Waals surface area (Å²) in [6.45, 7) is -0.465. The summed E-state index contributed by atoms with van der Waals surface area (Å²) in [6.07, 6.45) is 0. The Balaban J connectivity index is 2.50. The highest BCUT2D eigenvalue weighted by Gasteiger charge is 2.05. The number of benzene rings is 1. The van der Waals surface area contributed by atoms with Crippen molar-refractivity contribution in [3.63, 3.8) is 0 Å². The second-order valence-electron chi connectivity index (χ2n) is 3.23. The van der Waals surface area contributed by atoms with Crippen molar-refractivity contribution < 1.29 is 14.6 Å². The number of carbonyl (C=O) groups is 1. The Morgan fingerprint density at radius 1 is 1.38 bits per heavy atom. The van der Waals surface area contributed by atoms with Crippen LogP contribution in [0.25, 0.3) is 10.9 Å². The fourth-order valence-corrected chi connectivity index (χ4v) is 1.43. The van der Waals surface area contributed by atoms with E-state index in [2.05, 4.69) is 4.98 Å². The molecule has 16 heavy (non-hydrogen) atoms. The number of aromatic nitrogens is 1. The Morgan fingerprint density at radius 3 is 2.88 bits per heavy atom. The molecule has 1 aromatic carbocycles. The number of aromatic amines is 1. The zero-order chi connectivity index (χ0) is 11.5. The second kappa shape index (κ2) is 4.06. The van der Waals surface area contributed by atoms with E-state index in [1.54, 1.807) is 24.3 Å². The van der Waals surface area contributed by atoms with Crippen LogP contribution in [0.4, 0.5) is 0 Å². The van der Waals surface area contributed by atoms with E-state index < -0.39 is 12.6 Å². The minimum absolute atomic E-state index is 0.279. The Labute approximate surface area is 90.3 Å². The highest BCUT2D eigenvalue weighted by atomic mass is 16.5. The summed E-state index contributed by atoms with van der Waals surface area (Å²) in [4.78, 5) is 24.3. The van der Waals surface area contributed by atoms with Crippen LogP contribution in [-0.4, -0.2) is 22.7 Å². The maximum atomic E-state index is 11.3. The minimum Gasteiger partial charge on any atom is -0.481 e. The SMILES string of the molecule is O=C(O)COc1cc(=O)[nH]c2ccccc12. The molecule has 0 aliphatic carbocycles. The summed E-state index contributed by atoms with van der Waals surface area (Å²) in [7, 11) is 0. The second-order valence-corrected chi connectivity index (χ2v) is 3.23. The molecule has 0 aliphatic rings. The molecule has 0 bridgehead atoms. The number of rotatable bonds is 3. The third kappa shape index (κ3) is 2.03. The summed E-state index contributed by atoms with van der Waals surface area (Å²) in [6, 6.07) is 8.28. The Morgan fingerprint density at radius 2 is 2.12 bits per heavy atom. The van der Waals surface area contributed by atoms with Crippen molar-refractivity contribution in [1.82, 2.24) is 4.98 Å². The Kier molecular flexibility index (Phi) is 2.59. The summed E-state index contributed by atoms with van der Waals surface area (Å²) < 4.78 is 5.04. The van der Waals surface area contributed by atoms with Gasteiger partial charge in [0, 0.05) is 11.5 Å². The van der Waals surface area contributed by atoms with E-state index in [0.717, 1.165) is 0 Å². The molecule has 0 atom stereocenters. The number of hydrogen-bond donors (Lipinski definition) is 2. The van der Waals surface area contributed by atoms with Gasteiger partial charge in [-0.05, 0) is 12.1 Å². The molecule has 1 aromatic heterocycles. The predicted octanol–water partition coefficient (Wildman–Crippen LogP) is 0.991. The van der Waals surface area contributed by atoms with Crippen molar-refractivity contribution in [2.75, 3.05) is 6.61 Å². The van der Waals surface area contributed by atoms with Gasteiger partial charge < -0.3 is 14.8 Å². The molecule has 0 unspecified atom stereocenters. The standard InChI is InChI=1S/C11H9NO4/c13-10-5-9(16-6-11(14)15)7-3-1-2-4-8(7)12-10/h1-5H,6H2,(H,12,13)(H,14,15). The molecule has 0 fully saturated rings. The van der Waals surface area contributed by atoms with Crippen LogP contribution in [0.15, 0.2) is 35.1 Å². The zero-order valence-electron chi connectivity index (χ0n) is 8.27. The van der Waals surface area contributed by atoms with Crippen LogP contribution in [0.2, 0.25) is 0 Å². The lowest BCUT2D eigenvalue weighted by atomic mass is 10.2. The summed E-state index contributed by atoms with van der Waals surface area (Å²) >= 11 is 0. The fourth-order valence-electron chi connectivity index (χ4n) is 1.43. The van der Waals surface area contributed by atoms with Gasteiger partial charge in [0.15, 0.2) is 6.61 Å². The largest absolute Gasteiger partial charge is 0.481 e. The number of para-hydroxylation sites is 1. The van der Waals surface area contributed by atoms with E-state index in [4.69, 9.17) is 9.84 Å². The van der Waals surface area contributed by atoms with Gasteiger partial charge in [0.25, 0.3) is 5.56 Å². The molecule has 82 valence electrons. The van der Waals surface area contributed by atoms with Gasteiger partial charge in [0.05, 0.1) is 5.52 Å². The normalized spacial score (nSPS) is 10.2. The van der Waals surface area contributed by atoms with E-state index >= 15 is 0 Å². The summed E-state index contributed by atoms with van der Waals surface area (Å²) in [5.74, 6) is -0.800. The van der Waals surface area contributed by atoms with E-state index in [-0.39, 0.29) is 11.3 Å². The van der Waals surface area contributed by atoms with Gasteiger partial charge in [0.2, 0.25) is 0 Å². The predicted molar refractivity (Wildman–Crippen MR) is 57.7 cm³/mol. The molecule has 0 radical (unpaired) electrons. The maximum absolute atomic E-state index is 11.3. The van der Waals surface area contributed by atoms with Gasteiger partial charge in [-0.15, -0.1) is 0 Å². The third-order valence-electron chi connectivity index (χ3n) is 2.06. The number of carboxylic acid groups (broad SMARTS) is 1. The van der Waals surface area contributed by atoms with Crippen LogP contribution in [0.1, 0.15) is 0 Å². The number of nitrogens with one attached hydrogen (secondary N) is 1. The van der Waals surface area contributed by atoms with E-state index in [1.165, 1.54) is 6.07 Å². The van der Waals surface area contributed by atoms with Gasteiger partial charge in [0.1, 0.15) is 5.75 Å². The molecule has 2 aromatic rings. The van der Waals surface area contributed by atoms with E-state index in [1.807, 2.05) is 0 Å². The number of aliphatic carboxylic acids is 1. The lowest BCUT2D eigenvalue weighted by molar-refractivity contribution is -0.139. The first kappa shape index (κ1) is 10.2. The number of fused-ring (bicyclic) bond motifs is 1. The maximum Gasteiger partial charge on any atom is 0.341 e. The van der Waals surface area contributed by atoms with Crippen LogP contribution in [0.3, 0.4) is 0 Å². The van der Waals surface area contributed by atoms with E-state index in [9.17, 15) is 9.59 Å². The molecule has 0 amide bonds. The number of carboxylic acids is 1. The topological polar surface area (TPSA) is 79.4 Å². The molecule has 0 spiro atoms. The average molecular weight is 219 g/mol. The molecule has 2 rings (SSSR count). The van der Waals surface area contributed by atoms with Gasteiger partial charge in [-0.2, -0.15) is 0 Å². The molecular weight excluding hydrogens is 210 g/mol. The highest BCUT2D eigenvalue weighted by Crippen LogP contribution is 2.21. The van der Waals surface area contributed by atoms with Crippen molar-refractivity contribution in [2.24, 2.45) is 0 Å². The number of hydrogen-bond acceptors (Lipinski definition) is 3. The first-order chi connectivity index (χ1) is 7.66. The van der Waals surface area contributed by atoms with Crippen LogP contribution < -0.4 is 10.3 Å². The van der Waals surface area contributed by atoms with Crippen molar-refractivity contribution in [1.29, 1.82) is 0 Å². The minimum atomic E-state index is -1.08. The highest BCUT2D eigenvalue weighted by molar-refractivity contribution is 5.84. The van der Waals surface area contributed by atoms with Gasteiger partial charge in [-0.3, -0.25) is 4.79 Å². The van der Waals surface area contributed by atoms with Crippen LogP contribution >= 0.6 is 0 Å². The monoisotopic (exact) mass is 219 g/mol.